The minimum atomic E-state index is -0.971. The fraction of sp³-hybridized carbons (Fsp3) is 0.385. The van der Waals surface area contributed by atoms with Gasteiger partial charge in [-0.25, -0.2) is 9.59 Å². The fourth-order valence-corrected chi connectivity index (χ4v) is 1.36. The molecule has 5 heteroatoms. The SMILES string of the molecule is CC(C)CNC(=O)NCc1cccc(C(=O)O)c1. The lowest BCUT2D eigenvalue weighted by molar-refractivity contribution is 0.0696. The summed E-state index contributed by atoms with van der Waals surface area (Å²) in [7, 11) is 0. The van der Waals surface area contributed by atoms with Gasteiger partial charge in [-0.3, -0.25) is 0 Å². The summed E-state index contributed by atoms with van der Waals surface area (Å²) < 4.78 is 0. The first-order chi connectivity index (χ1) is 8.49. The molecule has 0 atom stereocenters. The highest BCUT2D eigenvalue weighted by molar-refractivity contribution is 5.87. The van der Waals surface area contributed by atoms with E-state index in [1.807, 2.05) is 13.8 Å². The molecule has 0 aliphatic carbocycles. The molecule has 0 saturated carbocycles. The molecule has 18 heavy (non-hydrogen) atoms. The van der Waals surface area contributed by atoms with Crippen molar-refractivity contribution >= 4 is 12.0 Å². The van der Waals surface area contributed by atoms with Gasteiger partial charge in [0.2, 0.25) is 0 Å². The molecule has 0 aromatic heterocycles. The first kappa shape index (κ1) is 14.0. The standard InChI is InChI=1S/C13H18N2O3/c1-9(2)7-14-13(18)15-8-10-4-3-5-11(6-10)12(16)17/h3-6,9H,7-8H2,1-2H3,(H,16,17)(H2,14,15,18). The lowest BCUT2D eigenvalue weighted by Crippen LogP contribution is -2.37. The second-order valence-corrected chi connectivity index (χ2v) is 4.46. The van der Waals surface area contributed by atoms with Crippen LogP contribution in [0.5, 0.6) is 0 Å². The molecule has 0 radical (unpaired) electrons. The first-order valence-electron chi connectivity index (χ1n) is 5.83. The minimum absolute atomic E-state index is 0.219. The Bertz CT molecular complexity index is 430. The van der Waals surface area contributed by atoms with E-state index in [0.717, 1.165) is 5.56 Å². The molecular weight excluding hydrogens is 232 g/mol. The normalized spacial score (nSPS) is 10.2. The van der Waals surface area contributed by atoms with Crippen molar-refractivity contribution in [3.8, 4) is 0 Å². The molecule has 0 aliphatic rings. The third-order valence-corrected chi connectivity index (χ3v) is 2.30. The molecule has 0 bridgehead atoms. The topological polar surface area (TPSA) is 78.4 Å². The van der Waals surface area contributed by atoms with Gasteiger partial charge in [-0.15, -0.1) is 0 Å². The molecule has 0 saturated heterocycles. The van der Waals surface area contributed by atoms with Crippen LogP contribution in [0.4, 0.5) is 4.79 Å². The molecule has 3 N–H and O–H groups in total. The van der Waals surface area contributed by atoms with Crippen LogP contribution in [0.25, 0.3) is 0 Å². The number of carboxylic acid groups (broad SMARTS) is 1. The largest absolute Gasteiger partial charge is 0.478 e. The third-order valence-electron chi connectivity index (χ3n) is 2.30. The molecule has 0 unspecified atom stereocenters. The van der Waals surface area contributed by atoms with Crippen molar-refractivity contribution in [2.45, 2.75) is 20.4 Å². The van der Waals surface area contributed by atoms with E-state index in [1.54, 1.807) is 18.2 Å². The van der Waals surface area contributed by atoms with Crippen LogP contribution < -0.4 is 10.6 Å². The Morgan fingerprint density at radius 1 is 1.28 bits per heavy atom. The summed E-state index contributed by atoms with van der Waals surface area (Å²) in [5.41, 5.74) is 0.978. The number of hydrogen-bond donors (Lipinski definition) is 3. The summed E-state index contributed by atoms with van der Waals surface area (Å²) in [5.74, 6) is -0.577. The summed E-state index contributed by atoms with van der Waals surface area (Å²) in [4.78, 5) is 22.2. The number of hydrogen-bond acceptors (Lipinski definition) is 2. The van der Waals surface area contributed by atoms with E-state index >= 15 is 0 Å². The summed E-state index contributed by atoms with van der Waals surface area (Å²) in [6.45, 7) is 4.94. The number of carboxylic acids is 1. The predicted molar refractivity (Wildman–Crippen MR) is 68.5 cm³/mol. The van der Waals surface area contributed by atoms with Crippen LogP contribution in [-0.4, -0.2) is 23.7 Å². The number of rotatable bonds is 5. The second-order valence-electron chi connectivity index (χ2n) is 4.46. The van der Waals surface area contributed by atoms with E-state index in [4.69, 9.17) is 5.11 Å². The van der Waals surface area contributed by atoms with Gasteiger partial charge in [0.25, 0.3) is 0 Å². The highest BCUT2D eigenvalue weighted by Crippen LogP contribution is 2.04. The van der Waals surface area contributed by atoms with Gasteiger partial charge in [-0.2, -0.15) is 0 Å². The molecule has 1 aromatic rings. The van der Waals surface area contributed by atoms with Gasteiger partial charge >= 0.3 is 12.0 Å². The Morgan fingerprint density at radius 3 is 2.61 bits per heavy atom. The maximum absolute atomic E-state index is 11.4. The number of amides is 2. The van der Waals surface area contributed by atoms with E-state index in [0.29, 0.717) is 19.0 Å². The van der Waals surface area contributed by atoms with Crippen molar-refractivity contribution in [1.29, 1.82) is 0 Å². The maximum atomic E-state index is 11.4. The van der Waals surface area contributed by atoms with Gasteiger partial charge in [0.15, 0.2) is 0 Å². The van der Waals surface area contributed by atoms with Gasteiger partial charge in [0.1, 0.15) is 0 Å². The zero-order valence-corrected chi connectivity index (χ0v) is 10.6. The second kappa shape index (κ2) is 6.64. The van der Waals surface area contributed by atoms with Crippen LogP contribution >= 0.6 is 0 Å². The molecule has 0 aliphatic heterocycles. The average molecular weight is 250 g/mol. The van der Waals surface area contributed by atoms with E-state index in [1.165, 1.54) is 6.07 Å². The fourth-order valence-electron chi connectivity index (χ4n) is 1.36. The maximum Gasteiger partial charge on any atom is 0.335 e. The summed E-state index contributed by atoms with van der Waals surface area (Å²) in [6.07, 6.45) is 0. The van der Waals surface area contributed by atoms with E-state index in [-0.39, 0.29) is 11.6 Å². The number of carbonyl (C=O) groups is 2. The van der Waals surface area contributed by atoms with Crippen LogP contribution in [0, 0.1) is 5.92 Å². The third kappa shape index (κ3) is 4.86. The zero-order chi connectivity index (χ0) is 13.5. The Hall–Kier alpha value is -2.04. The molecule has 0 fully saturated rings. The van der Waals surface area contributed by atoms with E-state index in [2.05, 4.69) is 10.6 Å². The van der Waals surface area contributed by atoms with E-state index < -0.39 is 5.97 Å². The molecule has 5 nitrogen and oxygen atoms in total. The van der Waals surface area contributed by atoms with Crippen molar-refractivity contribution < 1.29 is 14.7 Å². The first-order valence-corrected chi connectivity index (χ1v) is 5.83. The molecule has 1 aromatic carbocycles. The highest BCUT2D eigenvalue weighted by Gasteiger charge is 2.05. The molecule has 98 valence electrons. The highest BCUT2D eigenvalue weighted by atomic mass is 16.4. The van der Waals surface area contributed by atoms with Crippen LogP contribution in [0.1, 0.15) is 29.8 Å². The Kier molecular flexibility index (Phi) is 5.17. The van der Waals surface area contributed by atoms with Crippen LogP contribution in [0.15, 0.2) is 24.3 Å². The number of urea groups is 1. The van der Waals surface area contributed by atoms with Crippen molar-refractivity contribution in [3.05, 3.63) is 35.4 Å². The molecule has 0 spiro atoms. The number of carbonyl (C=O) groups excluding carboxylic acids is 1. The summed E-state index contributed by atoms with van der Waals surface area (Å²) in [5, 5.41) is 14.2. The molecule has 0 heterocycles. The van der Waals surface area contributed by atoms with Gasteiger partial charge in [-0.1, -0.05) is 26.0 Å². The van der Waals surface area contributed by atoms with Gasteiger partial charge in [0.05, 0.1) is 5.56 Å². The molecule has 2 amide bonds. The summed E-state index contributed by atoms with van der Waals surface area (Å²) in [6, 6.07) is 6.25. The minimum Gasteiger partial charge on any atom is -0.478 e. The van der Waals surface area contributed by atoms with Gasteiger partial charge < -0.3 is 15.7 Å². The number of benzene rings is 1. The average Bonchev–Trinajstić information content (AvgIpc) is 2.34. The van der Waals surface area contributed by atoms with Crippen LogP contribution in [0.2, 0.25) is 0 Å². The van der Waals surface area contributed by atoms with Crippen LogP contribution in [-0.2, 0) is 6.54 Å². The van der Waals surface area contributed by atoms with E-state index in [9.17, 15) is 9.59 Å². The van der Waals surface area contributed by atoms with Crippen molar-refractivity contribution in [2.24, 2.45) is 5.92 Å². The lowest BCUT2D eigenvalue weighted by atomic mass is 10.1. The smallest absolute Gasteiger partial charge is 0.335 e. The number of aromatic carboxylic acids is 1. The molecular formula is C13H18N2O3. The lowest BCUT2D eigenvalue weighted by Gasteiger charge is -2.09. The van der Waals surface area contributed by atoms with Crippen molar-refractivity contribution in [1.82, 2.24) is 10.6 Å². The Balaban J connectivity index is 2.46. The van der Waals surface area contributed by atoms with Gasteiger partial charge in [-0.05, 0) is 23.6 Å². The van der Waals surface area contributed by atoms with Crippen molar-refractivity contribution in [2.75, 3.05) is 6.54 Å². The van der Waals surface area contributed by atoms with Crippen LogP contribution in [0.3, 0.4) is 0 Å². The Morgan fingerprint density at radius 2 is 2.00 bits per heavy atom. The monoisotopic (exact) mass is 250 g/mol. The quantitative estimate of drug-likeness (QED) is 0.746. The molecule has 1 rings (SSSR count). The zero-order valence-electron chi connectivity index (χ0n) is 10.6. The van der Waals surface area contributed by atoms with Gasteiger partial charge in [0, 0.05) is 13.1 Å². The predicted octanol–water partition coefficient (Wildman–Crippen LogP) is 1.84. The summed E-state index contributed by atoms with van der Waals surface area (Å²) >= 11 is 0. The number of nitrogens with one attached hydrogen (secondary N) is 2. The Labute approximate surface area is 106 Å². The van der Waals surface area contributed by atoms with Crippen molar-refractivity contribution in [3.63, 3.8) is 0 Å².